The van der Waals surface area contributed by atoms with Crippen LogP contribution in [0.2, 0.25) is 5.02 Å². The van der Waals surface area contributed by atoms with E-state index in [1.807, 2.05) is 0 Å². The van der Waals surface area contributed by atoms with Crippen LogP contribution in [0.4, 0.5) is 18.9 Å². The second-order valence-electron chi connectivity index (χ2n) is 5.57. The zero-order chi connectivity index (χ0) is 19.6. The van der Waals surface area contributed by atoms with Crippen molar-refractivity contribution in [2.24, 2.45) is 0 Å². The van der Waals surface area contributed by atoms with Gasteiger partial charge in [0.15, 0.2) is 5.69 Å². The standard InChI is InChI=1S/C18H13ClF3N3O2/c19-14-8-12(25-13(10-26)9-16(24-25)18(20,21)22)6-7-15(14)23-17(27)11-4-2-1-3-5-11/h1-9,26H,10H2,(H,23,27). The van der Waals surface area contributed by atoms with Crippen LogP contribution in [-0.2, 0) is 12.8 Å². The summed E-state index contributed by atoms with van der Waals surface area (Å²) in [5.41, 5.74) is -0.217. The maximum absolute atomic E-state index is 12.9. The van der Waals surface area contributed by atoms with Crippen molar-refractivity contribution in [1.29, 1.82) is 0 Å². The van der Waals surface area contributed by atoms with Gasteiger partial charge in [-0.05, 0) is 36.4 Å². The fraction of sp³-hybridized carbons (Fsp3) is 0.111. The SMILES string of the molecule is O=C(Nc1ccc(-n2nc(C(F)(F)F)cc2CO)cc1Cl)c1ccccc1. The van der Waals surface area contributed by atoms with Gasteiger partial charge in [0.2, 0.25) is 0 Å². The van der Waals surface area contributed by atoms with Gasteiger partial charge in [0.05, 0.1) is 28.7 Å². The summed E-state index contributed by atoms with van der Waals surface area (Å²) in [4.78, 5) is 12.2. The van der Waals surface area contributed by atoms with E-state index in [9.17, 15) is 23.1 Å². The zero-order valence-corrected chi connectivity index (χ0v) is 14.4. The van der Waals surface area contributed by atoms with E-state index in [1.54, 1.807) is 30.3 Å². The molecule has 3 rings (SSSR count). The van der Waals surface area contributed by atoms with Crippen molar-refractivity contribution in [3.63, 3.8) is 0 Å². The molecular formula is C18H13ClF3N3O2. The molecule has 0 aliphatic rings. The van der Waals surface area contributed by atoms with Gasteiger partial charge in [0.1, 0.15) is 0 Å². The smallest absolute Gasteiger partial charge is 0.390 e. The summed E-state index contributed by atoms with van der Waals surface area (Å²) in [6.45, 7) is -0.632. The molecule has 0 aliphatic carbocycles. The molecule has 0 spiro atoms. The number of carbonyl (C=O) groups is 1. The first-order valence-corrected chi connectivity index (χ1v) is 8.10. The van der Waals surface area contributed by atoms with Gasteiger partial charge < -0.3 is 10.4 Å². The van der Waals surface area contributed by atoms with Gasteiger partial charge in [-0.2, -0.15) is 18.3 Å². The average molecular weight is 396 g/mol. The summed E-state index contributed by atoms with van der Waals surface area (Å²) in [5, 5.41) is 15.5. The van der Waals surface area contributed by atoms with Crippen molar-refractivity contribution < 1.29 is 23.1 Å². The van der Waals surface area contributed by atoms with Crippen molar-refractivity contribution in [3.8, 4) is 5.69 Å². The number of aliphatic hydroxyl groups is 1. The highest BCUT2D eigenvalue weighted by Crippen LogP contribution is 2.31. The number of hydrogen-bond donors (Lipinski definition) is 2. The van der Waals surface area contributed by atoms with E-state index in [4.69, 9.17) is 11.6 Å². The Kier molecular flexibility index (Phi) is 5.20. The van der Waals surface area contributed by atoms with Gasteiger partial charge in [-0.1, -0.05) is 29.8 Å². The zero-order valence-electron chi connectivity index (χ0n) is 13.7. The second kappa shape index (κ2) is 7.42. The number of rotatable bonds is 4. The molecule has 0 saturated heterocycles. The summed E-state index contributed by atoms with van der Waals surface area (Å²) in [5.74, 6) is -0.375. The van der Waals surface area contributed by atoms with Crippen molar-refractivity contribution in [1.82, 2.24) is 9.78 Å². The number of hydrogen-bond acceptors (Lipinski definition) is 3. The first-order valence-electron chi connectivity index (χ1n) is 7.73. The maximum Gasteiger partial charge on any atom is 0.435 e. The van der Waals surface area contributed by atoms with Gasteiger partial charge in [-0.15, -0.1) is 0 Å². The molecule has 140 valence electrons. The van der Waals surface area contributed by atoms with E-state index in [-0.39, 0.29) is 22.3 Å². The van der Waals surface area contributed by atoms with E-state index in [0.29, 0.717) is 11.3 Å². The molecule has 9 heteroatoms. The lowest BCUT2D eigenvalue weighted by Gasteiger charge is -2.11. The molecule has 1 aromatic heterocycles. The maximum atomic E-state index is 12.9. The number of amides is 1. The predicted molar refractivity (Wildman–Crippen MR) is 93.9 cm³/mol. The molecular weight excluding hydrogens is 383 g/mol. The Bertz CT molecular complexity index is 972. The van der Waals surface area contributed by atoms with E-state index < -0.39 is 18.5 Å². The Balaban J connectivity index is 1.89. The van der Waals surface area contributed by atoms with Crippen LogP contribution in [-0.4, -0.2) is 20.8 Å². The highest BCUT2D eigenvalue weighted by molar-refractivity contribution is 6.34. The molecule has 0 fully saturated rings. The number of nitrogens with zero attached hydrogens (tertiary/aromatic N) is 2. The first kappa shape index (κ1) is 18.9. The lowest BCUT2D eigenvalue weighted by Crippen LogP contribution is -2.12. The molecule has 2 N–H and O–H groups in total. The monoisotopic (exact) mass is 395 g/mol. The number of alkyl halides is 3. The molecule has 1 heterocycles. The molecule has 0 radical (unpaired) electrons. The van der Waals surface area contributed by atoms with E-state index >= 15 is 0 Å². The van der Waals surface area contributed by atoms with Gasteiger partial charge in [-0.25, -0.2) is 4.68 Å². The first-order chi connectivity index (χ1) is 12.8. The third-order valence-corrected chi connectivity index (χ3v) is 4.03. The van der Waals surface area contributed by atoms with Gasteiger partial charge in [-0.3, -0.25) is 4.79 Å². The van der Waals surface area contributed by atoms with Crippen LogP contribution in [0.5, 0.6) is 0 Å². The molecule has 27 heavy (non-hydrogen) atoms. The fourth-order valence-electron chi connectivity index (χ4n) is 2.42. The lowest BCUT2D eigenvalue weighted by atomic mass is 10.2. The normalized spacial score (nSPS) is 11.4. The highest BCUT2D eigenvalue weighted by Gasteiger charge is 2.35. The van der Waals surface area contributed by atoms with Crippen LogP contribution in [0.1, 0.15) is 21.7 Å². The topological polar surface area (TPSA) is 67.2 Å². The van der Waals surface area contributed by atoms with Crippen LogP contribution in [0, 0.1) is 0 Å². The predicted octanol–water partition coefficient (Wildman–Crippen LogP) is 4.29. The summed E-state index contributed by atoms with van der Waals surface area (Å²) >= 11 is 6.16. The van der Waals surface area contributed by atoms with Gasteiger partial charge in [0, 0.05) is 5.56 Å². The molecule has 3 aromatic rings. The summed E-state index contributed by atoms with van der Waals surface area (Å²) in [6, 6.07) is 13.5. The number of aliphatic hydroxyl groups excluding tert-OH is 1. The van der Waals surface area contributed by atoms with Crippen LogP contribution in [0.3, 0.4) is 0 Å². The third-order valence-electron chi connectivity index (χ3n) is 3.72. The quantitative estimate of drug-likeness (QED) is 0.692. The van der Waals surface area contributed by atoms with Gasteiger partial charge >= 0.3 is 6.18 Å². The Morgan fingerprint density at radius 1 is 1.15 bits per heavy atom. The summed E-state index contributed by atoms with van der Waals surface area (Å²) in [7, 11) is 0. The molecule has 0 atom stereocenters. The molecule has 1 amide bonds. The van der Waals surface area contributed by atoms with Gasteiger partial charge in [0.25, 0.3) is 5.91 Å². The van der Waals surface area contributed by atoms with Crippen molar-refractivity contribution in [3.05, 3.63) is 76.6 Å². The van der Waals surface area contributed by atoms with E-state index in [2.05, 4.69) is 10.4 Å². The van der Waals surface area contributed by atoms with Crippen molar-refractivity contribution >= 4 is 23.2 Å². The molecule has 5 nitrogen and oxygen atoms in total. The highest BCUT2D eigenvalue weighted by atomic mass is 35.5. The van der Waals surface area contributed by atoms with Crippen molar-refractivity contribution in [2.45, 2.75) is 12.8 Å². The third kappa shape index (κ3) is 4.12. The minimum Gasteiger partial charge on any atom is -0.390 e. The molecule has 2 aromatic carbocycles. The Labute approximate surface area is 157 Å². The Hall–Kier alpha value is -2.84. The van der Waals surface area contributed by atoms with E-state index in [0.717, 1.165) is 10.7 Å². The summed E-state index contributed by atoms with van der Waals surface area (Å²) < 4.78 is 39.5. The largest absolute Gasteiger partial charge is 0.435 e. The molecule has 0 aliphatic heterocycles. The number of benzene rings is 2. The molecule has 0 saturated carbocycles. The Morgan fingerprint density at radius 3 is 2.44 bits per heavy atom. The number of aromatic nitrogens is 2. The minimum absolute atomic E-state index is 0.0422. The fourth-order valence-corrected chi connectivity index (χ4v) is 2.64. The van der Waals surface area contributed by atoms with Crippen LogP contribution < -0.4 is 5.32 Å². The average Bonchev–Trinajstić information content (AvgIpc) is 3.09. The van der Waals surface area contributed by atoms with Crippen molar-refractivity contribution in [2.75, 3.05) is 5.32 Å². The number of anilines is 1. The van der Waals surface area contributed by atoms with E-state index in [1.165, 1.54) is 18.2 Å². The number of nitrogens with one attached hydrogen (secondary N) is 1. The minimum atomic E-state index is -4.64. The molecule has 0 unspecified atom stereocenters. The summed E-state index contributed by atoms with van der Waals surface area (Å²) in [6.07, 6.45) is -4.64. The molecule has 0 bridgehead atoms. The number of halogens is 4. The lowest BCUT2D eigenvalue weighted by molar-refractivity contribution is -0.141. The second-order valence-corrected chi connectivity index (χ2v) is 5.98. The Morgan fingerprint density at radius 2 is 1.85 bits per heavy atom. The van der Waals surface area contributed by atoms with Crippen LogP contribution in [0.15, 0.2) is 54.6 Å². The van der Waals surface area contributed by atoms with Crippen LogP contribution in [0.25, 0.3) is 5.69 Å². The number of carbonyl (C=O) groups excluding carboxylic acids is 1. The van der Waals surface area contributed by atoms with Crippen LogP contribution >= 0.6 is 11.6 Å².